The van der Waals surface area contributed by atoms with Crippen LogP contribution < -0.4 is 0 Å². The van der Waals surface area contributed by atoms with Gasteiger partial charge in [-0.15, -0.1) is 0 Å². The number of unbranched alkanes of at least 4 members (excludes halogenated alkanes) is 7. The van der Waals surface area contributed by atoms with Crippen LogP contribution in [0.2, 0.25) is 5.28 Å². The Morgan fingerprint density at radius 3 is 2.03 bits per heavy atom. The largest absolute Gasteiger partial charge is 0.324 e. The molecular weight excluding hydrogens is 458 g/mol. The Labute approximate surface area is 204 Å². The van der Waals surface area contributed by atoms with Crippen molar-refractivity contribution in [3.8, 4) is 0 Å². The van der Waals surface area contributed by atoms with Crippen molar-refractivity contribution < 1.29 is 8.42 Å². The summed E-state index contributed by atoms with van der Waals surface area (Å²) in [6.07, 6.45) is 14.0. The van der Waals surface area contributed by atoms with Crippen molar-refractivity contribution in [2.24, 2.45) is 0 Å². The van der Waals surface area contributed by atoms with Crippen LogP contribution in [0.25, 0.3) is 11.2 Å². The first-order chi connectivity index (χ1) is 15.8. The molecule has 0 aromatic carbocycles. The number of rotatable bonds is 13. The van der Waals surface area contributed by atoms with E-state index in [2.05, 4.69) is 19.9 Å². The summed E-state index contributed by atoms with van der Waals surface area (Å²) >= 11 is 6.00. The molecule has 0 aliphatic carbocycles. The van der Waals surface area contributed by atoms with Crippen LogP contribution >= 0.6 is 11.6 Å². The average molecular weight is 498 g/mol. The van der Waals surface area contributed by atoms with Crippen molar-refractivity contribution in [2.45, 2.75) is 108 Å². The maximum Gasteiger partial charge on any atom is 0.225 e. The maximum atomic E-state index is 12.9. The molecule has 3 rings (SSSR count). The number of fused-ring (bicyclic) bond motifs is 1. The molecule has 0 saturated carbocycles. The van der Waals surface area contributed by atoms with Crippen LogP contribution in [0, 0.1) is 6.92 Å². The molecule has 1 aliphatic rings. The van der Waals surface area contributed by atoms with Crippen LogP contribution in [-0.4, -0.2) is 57.7 Å². The molecule has 0 amide bonds. The summed E-state index contributed by atoms with van der Waals surface area (Å²) in [6, 6.07) is 0. The van der Waals surface area contributed by atoms with Gasteiger partial charge in [0.1, 0.15) is 11.3 Å². The zero-order chi connectivity index (χ0) is 23.8. The second-order valence-corrected chi connectivity index (χ2v) is 12.4. The summed E-state index contributed by atoms with van der Waals surface area (Å²) in [5.74, 6) is 0.746. The van der Waals surface area contributed by atoms with Crippen LogP contribution in [0.5, 0.6) is 0 Å². The minimum absolute atomic E-state index is 0.00217. The summed E-state index contributed by atoms with van der Waals surface area (Å²) in [5.41, 5.74) is 0.843. The molecule has 0 unspecified atom stereocenters. The van der Waals surface area contributed by atoms with E-state index in [1.54, 1.807) is 13.8 Å². The van der Waals surface area contributed by atoms with E-state index in [9.17, 15) is 8.42 Å². The molecule has 0 spiro atoms. The summed E-state index contributed by atoms with van der Waals surface area (Å²) in [4.78, 5) is 15.3. The normalized spacial score (nSPS) is 15.7. The minimum atomic E-state index is -3.59. The Balaban J connectivity index is 1.43. The first-order valence-corrected chi connectivity index (χ1v) is 14.6. The fourth-order valence-corrected chi connectivity index (χ4v) is 5.98. The van der Waals surface area contributed by atoms with Gasteiger partial charge in [0.05, 0.1) is 5.25 Å². The summed E-state index contributed by atoms with van der Waals surface area (Å²) in [6.45, 7) is 9.78. The van der Waals surface area contributed by atoms with Crippen molar-refractivity contribution in [1.29, 1.82) is 0 Å². The quantitative estimate of drug-likeness (QED) is 0.204. The van der Waals surface area contributed by atoms with Crippen molar-refractivity contribution in [3.63, 3.8) is 0 Å². The predicted molar refractivity (Wildman–Crippen MR) is 135 cm³/mol. The molecule has 0 radical (unpaired) electrons. The SMILES string of the molecule is Cc1nc2nc(Cl)nc(S(=O)(=O)C(C)C)c2n1CCCCCCCCCCN1CCCCC1. The number of hydrogen-bond donors (Lipinski definition) is 0. The molecule has 1 fully saturated rings. The highest BCUT2D eigenvalue weighted by atomic mass is 35.5. The van der Waals surface area contributed by atoms with E-state index in [4.69, 9.17) is 11.6 Å². The molecule has 2 aromatic rings. The third kappa shape index (κ3) is 7.12. The first kappa shape index (κ1) is 26.4. The van der Waals surface area contributed by atoms with Gasteiger partial charge in [-0.1, -0.05) is 44.9 Å². The number of aromatic nitrogens is 4. The molecule has 7 nitrogen and oxygen atoms in total. The van der Waals surface area contributed by atoms with Crippen LogP contribution in [0.4, 0.5) is 0 Å². The molecule has 1 aliphatic heterocycles. The van der Waals surface area contributed by atoms with Crippen LogP contribution in [0.3, 0.4) is 0 Å². The topological polar surface area (TPSA) is 81.0 Å². The molecule has 33 heavy (non-hydrogen) atoms. The average Bonchev–Trinajstić information content (AvgIpc) is 3.09. The third-order valence-corrected chi connectivity index (χ3v) is 8.91. The number of likely N-dealkylation sites (tertiary alicyclic amines) is 1. The van der Waals surface area contributed by atoms with Crippen molar-refractivity contribution in [2.75, 3.05) is 19.6 Å². The van der Waals surface area contributed by atoms with E-state index in [0.29, 0.717) is 17.7 Å². The zero-order valence-electron chi connectivity index (χ0n) is 20.5. The highest BCUT2D eigenvalue weighted by Crippen LogP contribution is 2.26. The van der Waals surface area contributed by atoms with E-state index in [1.165, 1.54) is 77.4 Å². The third-order valence-electron chi connectivity index (χ3n) is 6.68. The molecule has 3 heterocycles. The Morgan fingerprint density at radius 1 is 0.848 bits per heavy atom. The van der Waals surface area contributed by atoms with Crippen molar-refractivity contribution in [1.82, 2.24) is 24.4 Å². The minimum Gasteiger partial charge on any atom is -0.324 e. The summed E-state index contributed by atoms with van der Waals surface area (Å²) < 4.78 is 27.7. The lowest BCUT2D eigenvalue weighted by Crippen LogP contribution is -2.30. The number of aryl methyl sites for hydroxylation is 2. The van der Waals surface area contributed by atoms with Crippen LogP contribution in [0.15, 0.2) is 5.03 Å². The Bertz CT molecular complexity index is 1000. The van der Waals surface area contributed by atoms with Crippen LogP contribution in [-0.2, 0) is 16.4 Å². The Hall–Kier alpha value is -1.25. The van der Waals surface area contributed by atoms with Crippen LogP contribution in [0.1, 0.15) is 90.3 Å². The fraction of sp³-hybridized carbons (Fsp3) is 0.792. The number of imidazole rings is 1. The fourth-order valence-electron chi connectivity index (χ4n) is 4.63. The van der Waals surface area contributed by atoms with Gasteiger partial charge in [0.25, 0.3) is 0 Å². The molecule has 0 bridgehead atoms. The first-order valence-electron chi connectivity index (χ1n) is 12.7. The summed E-state index contributed by atoms with van der Waals surface area (Å²) in [5, 5.41) is -0.671. The molecule has 0 atom stereocenters. The van der Waals surface area contributed by atoms with Gasteiger partial charge in [-0.3, -0.25) is 0 Å². The lowest BCUT2D eigenvalue weighted by molar-refractivity contribution is 0.224. The van der Waals surface area contributed by atoms with Gasteiger partial charge in [0, 0.05) is 6.54 Å². The highest BCUT2D eigenvalue weighted by molar-refractivity contribution is 7.92. The molecule has 0 N–H and O–H groups in total. The van der Waals surface area contributed by atoms with Gasteiger partial charge >= 0.3 is 0 Å². The van der Waals surface area contributed by atoms with Gasteiger partial charge in [0.2, 0.25) is 5.28 Å². The second-order valence-electron chi connectivity index (χ2n) is 9.61. The number of halogens is 1. The number of hydrogen-bond acceptors (Lipinski definition) is 6. The van der Waals surface area contributed by atoms with Gasteiger partial charge in [-0.05, 0) is 77.7 Å². The van der Waals surface area contributed by atoms with Gasteiger partial charge in [0.15, 0.2) is 20.5 Å². The van der Waals surface area contributed by atoms with Gasteiger partial charge in [-0.2, -0.15) is 4.98 Å². The number of piperidine rings is 1. The summed E-state index contributed by atoms with van der Waals surface area (Å²) in [7, 11) is -3.59. The number of sulfone groups is 1. The van der Waals surface area contributed by atoms with Gasteiger partial charge in [-0.25, -0.2) is 18.4 Å². The molecule has 9 heteroatoms. The molecule has 1 saturated heterocycles. The lowest BCUT2D eigenvalue weighted by Gasteiger charge is -2.26. The van der Waals surface area contributed by atoms with E-state index < -0.39 is 15.1 Å². The zero-order valence-corrected chi connectivity index (χ0v) is 22.1. The maximum absolute atomic E-state index is 12.9. The van der Waals surface area contributed by atoms with Gasteiger partial charge < -0.3 is 9.47 Å². The van der Waals surface area contributed by atoms with E-state index in [0.717, 1.165) is 18.7 Å². The second kappa shape index (κ2) is 12.5. The number of nitrogens with zero attached hydrogens (tertiary/aromatic N) is 5. The standard InChI is InChI=1S/C24H40ClN5O2S/c1-19(2)33(31,32)23-21-22(27-24(25)28-23)26-20(3)30(21)18-14-9-7-5-4-6-8-11-15-29-16-12-10-13-17-29/h19H,4-18H2,1-3H3. The Kier molecular flexibility index (Phi) is 9.95. The van der Waals surface area contributed by atoms with Crippen molar-refractivity contribution in [3.05, 3.63) is 11.1 Å². The van der Waals surface area contributed by atoms with Crippen molar-refractivity contribution >= 4 is 32.6 Å². The highest BCUT2D eigenvalue weighted by Gasteiger charge is 2.28. The molecular formula is C24H40ClN5O2S. The monoisotopic (exact) mass is 497 g/mol. The smallest absolute Gasteiger partial charge is 0.225 e. The van der Waals surface area contributed by atoms with E-state index in [1.807, 2.05) is 11.5 Å². The molecule has 2 aromatic heterocycles. The van der Waals surface area contributed by atoms with E-state index >= 15 is 0 Å². The lowest BCUT2D eigenvalue weighted by atomic mass is 10.1. The molecule has 186 valence electrons. The van der Waals surface area contributed by atoms with E-state index in [-0.39, 0.29) is 10.3 Å². The Morgan fingerprint density at radius 2 is 1.42 bits per heavy atom. The predicted octanol–water partition coefficient (Wildman–Crippen LogP) is 5.58.